The summed E-state index contributed by atoms with van der Waals surface area (Å²) in [6, 6.07) is 11.0. The van der Waals surface area contributed by atoms with Crippen molar-refractivity contribution in [2.45, 2.75) is 26.5 Å². The summed E-state index contributed by atoms with van der Waals surface area (Å²) >= 11 is 0. The predicted octanol–water partition coefficient (Wildman–Crippen LogP) is 1.82. The zero-order chi connectivity index (χ0) is 23.4. The normalized spacial score (nSPS) is 17.4. The standard InChI is InChI=1S/C23H27FN6O3/c1-14-20(30-13-18(33-23(30)32)12-27-15(2)31)8-7-19(21(14)24)17-5-3-16(4-6-17)11-28-29-22-25-9-10-26-22/h3-8,18,28H,9-13H2,1-2H3,(H,27,31)(H2,25,26,29). The first kappa shape index (κ1) is 22.5. The summed E-state index contributed by atoms with van der Waals surface area (Å²) in [5.41, 5.74) is 9.17. The van der Waals surface area contributed by atoms with Crippen molar-refractivity contribution in [2.75, 3.05) is 31.1 Å². The second-order valence-corrected chi connectivity index (χ2v) is 7.96. The number of nitrogens with zero attached hydrogens (tertiary/aromatic N) is 2. The van der Waals surface area contributed by atoms with Crippen molar-refractivity contribution in [1.82, 2.24) is 21.5 Å². The fourth-order valence-electron chi connectivity index (χ4n) is 3.79. The van der Waals surface area contributed by atoms with Gasteiger partial charge < -0.3 is 15.4 Å². The van der Waals surface area contributed by atoms with Gasteiger partial charge in [-0.2, -0.15) is 0 Å². The van der Waals surface area contributed by atoms with E-state index in [1.54, 1.807) is 19.1 Å². The molecule has 4 rings (SSSR count). The average molecular weight is 455 g/mol. The molecule has 2 aliphatic heterocycles. The van der Waals surface area contributed by atoms with E-state index in [4.69, 9.17) is 4.74 Å². The van der Waals surface area contributed by atoms with E-state index in [-0.39, 0.29) is 24.8 Å². The molecule has 1 atom stereocenters. The minimum absolute atomic E-state index is 0.200. The van der Waals surface area contributed by atoms with Crippen molar-refractivity contribution in [3.8, 4) is 11.1 Å². The molecule has 10 heteroatoms. The number of hydrogen-bond acceptors (Lipinski definition) is 7. The second-order valence-electron chi connectivity index (χ2n) is 7.96. The number of nitrogens with one attached hydrogen (secondary N) is 4. The van der Waals surface area contributed by atoms with Crippen LogP contribution in [0.25, 0.3) is 11.1 Å². The SMILES string of the molecule is CC(=O)NCC1CN(c2ccc(-c3ccc(CNNC4=NCCN4)cc3)c(F)c2C)C(=O)O1. The van der Waals surface area contributed by atoms with Crippen molar-refractivity contribution >= 4 is 23.6 Å². The molecule has 0 spiro atoms. The lowest BCUT2D eigenvalue weighted by Gasteiger charge is -2.18. The van der Waals surface area contributed by atoms with Crippen LogP contribution in [0.5, 0.6) is 0 Å². The monoisotopic (exact) mass is 454 g/mol. The minimum Gasteiger partial charge on any atom is -0.442 e. The van der Waals surface area contributed by atoms with Crippen molar-refractivity contribution in [2.24, 2.45) is 4.99 Å². The van der Waals surface area contributed by atoms with Crippen molar-refractivity contribution in [3.05, 3.63) is 53.3 Å². The molecule has 4 N–H and O–H groups in total. The first-order chi connectivity index (χ1) is 15.9. The fourth-order valence-corrected chi connectivity index (χ4v) is 3.79. The van der Waals surface area contributed by atoms with Crippen LogP contribution in [0.15, 0.2) is 41.4 Å². The zero-order valence-corrected chi connectivity index (χ0v) is 18.6. The van der Waals surface area contributed by atoms with Gasteiger partial charge in [0.2, 0.25) is 11.9 Å². The molecular weight excluding hydrogens is 427 g/mol. The molecule has 9 nitrogen and oxygen atoms in total. The zero-order valence-electron chi connectivity index (χ0n) is 18.6. The molecule has 174 valence electrons. The largest absolute Gasteiger partial charge is 0.442 e. The van der Waals surface area contributed by atoms with Crippen LogP contribution in [0.1, 0.15) is 18.1 Å². The van der Waals surface area contributed by atoms with Crippen molar-refractivity contribution in [3.63, 3.8) is 0 Å². The third-order valence-corrected chi connectivity index (χ3v) is 5.54. The highest BCUT2D eigenvalue weighted by atomic mass is 19.1. The van der Waals surface area contributed by atoms with Gasteiger partial charge in [0, 0.05) is 31.1 Å². The molecule has 0 aliphatic carbocycles. The van der Waals surface area contributed by atoms with Crippen molar-refractivity contribution < 1.29 is 18.7 Å². The summed E-state index contributed by atoms with van der Waals surface area (Å²) in [7, 11) is 0. The van der Waals surface area contributed by atoms with Crippen molar-refractivity contribution in [1.29, 1.82) is 0 Å². The number of ether oxygens (including phenoxy) is 1. The van der Waals surface area contributed by atoms with E-state index in [2.05, 4.69) is 26.5 Å². The van der Waals surface area contributed by atoms with Gasteiger partial charge in [-0.15, -0.1) is 0 Å². The summed E-state index contributed by atoms with van der Waals surface area (Å²) in [4.78, 5) is 29.0. The molecule has 2 aromatic rings. The molecule has 0 bridgehead atoms. The number of hydrazine groups is 1. The molecule has 2 amide bonds. The van der Waals surface area contributed by atoms with Gasteiger partial charge in [-0.05, 0) is 30.2 Å². The van der Waals surface area contributed by atoms with Gasteiger partial charge in [0.05, 0.1) is 25.3 Å². The maximum Gasteiger partial charge on any atom is 0.414 e. The van der Waals surface area contributed by atoms with Crippen LogP contribution in [-0.4, -0.2) is 50.2 Å². The molecular formula is C23H27FN6O3. The number of amides is 2. The van der Waals surface area contributed by atoms with Gasteiger partial charge >= 0.3 is 6.09 Å². The summed E-state index contributed by atoms with van der Waals surface area (Å²) < 4.78 is 20.6. The third-order valence-electron chi connectivity index (χ3n) is 5.54. The van der Waals surface area contributed by atoms with Crippen LogP contribution in [0, 0.1) is 12.7 Å². The smallest absolute Gasteiger partial charge is 0.414 e. The summed E-state index contributed by atoms with van der Waals surface area (Å²) in [6.45, 7) is 5.69. The van der Waals surface area contributed by atoms with Crippen LogP contribution >= 0.6 is 0 Å². The number of rotatable bonds is 7. The van der Waals surface area contributed by atoms with Gasteiger partial charge in [0.15, 0.2) is 0 Å². The Morgan fingerprint density at radius 1 is 1.27 bits per heavy atom. The molecule has 1 saturated heterocycles. The van der Waals surface area contributed by atoms with Gasteiger partial charge in [-0.25, -0.2) is 14.6 Å². The molecule has 1 unspecified atom stereocenters. The van der Waals surface area contributed by atoms with Crippen LogP contribution < -0.4 is 26.4 Å². The highest BCUT2D eigenvalue weighted by Crippen LogP contribution is 2.33. The minimum atomic E-state index is -0.551. The van der Waals surface area contributed by atoms with Crippen LogP contribution in [0.4, 0.5) is 14.9 Å². The third kappa shape index (κ3) is 5.23. The number of aliphatic imine (C=N–C) groups is 1. The van der Waals surface area contributed by atoms with Gasteiger partial charge in [0.25, 0.3) is 0 Å². The number of anilines is 1. The second kappa shape index (κ2) is 9.86. The Morgan fingerprint density at radius 3 is 2.76 bits per heavy atom. The Bertz CT molecular complexity index is 1070. The summed E-state index contributed by atoms with van der Waals surface area (Å²) in [6.07, 6.45) is -1.03. The quantitative estimate of drug-likeness (QED) is 0.476. The molecule has 0 radical (unpaired) electrons. The number of carbonyl (C=O) groups is 2. The van der Waals surface area contributed by atoms with E-state index in [0.717, 1.165) is 30.2 Å². The lowest BCUT2D eigenvalue weighted by molar-refractivity contribution is -0.119. The highest BCUT2D eigenvalue weighted by Gasteiger charge is 2.33. The van der Waals surface area contributed by atoms with E-state index >= 15 is 4.39 Å². The van der Waals surface area contributed by atoms with E-state index in [9.17, 15) is 9.59 Å². The predicted molar refractivity (Wildman–Crippen MR) is 123 cm³/mol. The van der Waals surface area contributed by atoms with E-state index in [0.29, 0.717) is 23.4 Å². The fraction of sp³-hybridized carbons (Fsp3) is 0.348. The van der Waals surface area contributed by atoms with E-state index in [1.165, 1.54) is 11.8 Å². The van der Waals surface area contributed by atoms with E-state index < -0.39 is 12.2 Å². The Hall–Kier alpha value is -3.66. The van der Waals surface area contributed by atoms with Crippen LogP contribution in [0.2, 0.25) is 0 Å². The summed E-state index contributed by atoms with van der Waals surface area (Å²) in [5.74, 6) is 0.144. The number of hydrogen-bond donors (Lipinski definition) is 4. The lowest BCUT2D eigenvalue weighted by Crippen LogP contribution is -2.42. The van der Waals surface area contributed by atoms with Crippen LogP contribution in [0.3, 0.4) is 0 Å². The Kier molecular flexibility index (Phi) is 6.74. The van der Waals surface area contributed by atoms with Gasteiger partial charge in [-0.3, -0.25) is 20.1 Å². The number of guanidine groups is 1. The number of carbonyl (C=O) groups excluding carboxylic acids is 2. The topological polar surface area (TPSA) is 107 Å². The Balaban J connectivity index is 1.42. The molecule has 2 aliphatic rings. The lowest BCUT2D eigenvalue weighted by atomic mass is 9.99. The molecule has 1 fully saturated rings. The molecule has 0 saturated carbocycles. The Morgan fingerprint density at radius 2 is 2.06 bits per heavy atom. The van der Waals surface area contributed by atoms with Gasteiger partial charge in [0.1, 0.15) is 11.9 Å². The first-order valence-corrected chi connectivity index (χ1v) is 10.8. The molecule has 0 aromatic heterocycles. The van der Waals surface area contributed by atoms with Gasteiger partial charge in [-0.1, -0.05) is 24.3 Å². The van der Waals surface area contributed by atoms with E-state index in [1.807, 2.05) is 24.3 Å². The number of benzene rings is 2. The average Bonchev–Trinajstić information content (AvgIpc) is 3.44. The Labute approximate surface area is 191 Å². The number of halogens is 1. The first-order valence-electron chi connectivity index (χ1n) is 10.8. The maximum atomic E-state index is 15.3. The summed E-state index contributed by atoms with van der Waals surface area (Å²) in [5, 5.41) is 5.74. The highest BCUT2D eigenvalue weighted by molar-refractivity contribution is 5.91. The number of cyclic esters (lactones) is 1. The maximum absolute atomic E-state index is 15.3. The van der Waals surface area contributed by atoms with Crippen LogP contribution in [-0.2, 0) is 16.1 Å². The molecule has 2 aromatic carbocycles. The molecule has 33 heavy (non-hydrogen) atoms. The molecule has 2 heterocycles.